The van der Waals surface area contributed by atoms with Crippen molar-refractivity contribution < 1.29 is 19.2 Å². The molecule has 6 nitrogen and oxygen atoms in total. The number of nitro benzene ring substituents is 1. The average Bonchev–Trinajstić information content (AvgIpc) is 2.53. The van der Waals surface area contributed by atoms with Crippen LogP contribution in [0.15, 0.2) is 48.5 Å². The van der Waals surface area contributed by atoms with Gasteiger partial charge in [-0.25, -0.2) is 4.79 Å². The van der Waals surface area contributed by atoms with E-state index in [0.29, 0.717) is 10.6 Å². The standard InChI is InChI=1S/C16H14ClNO5/c1-11(12-6-2-3-7-13(12)17)23-16(19)10-22-15-9-5-4-8-14(15)18(20)21/h2-9,11H,10H2,1H3/t11-/m1/s1. The normalized spacial score (nSPS) is 11.6. The van der Waals surface area contributed by atoms with Crippen molar-refractivity contribution in [1.82, 2.24) is 0 Å². The number of nitrogens with zero attached hydrogens (tertiary/aromatic N) is 1. The second kappa shape index (κ2) is 7.60. The summed E-state index contributed by atoms with van der Waals surface area (Å²) in [5.74, 6) is -0.629. The highest BCUT2D eigenvalue weighted by Crippen LogP contribution is 2.27. The first-order valence-electron chi connectivity index (χ1n) is 6.79. The largest absolute Gasteiger partial charge is 0.475 e. The third kappa shape index (κ3) is 4.43. The SMILES string of the molecule is C[C@@H](OC(=O)COc1ccccc1[N+](=O)[O-])c1ccccc1Cl. The summed E-state index contributed by atoms with van der Waals surface area (Å²) in [6.45, 7) is 1.25. The Hall–Kier alpha value is -2.60. The zero-order chi connectivity index (χ0) is 16.8. The summed E-state index contributed by atoms with van der Waals surface area (Å²) in [6.07, 6.45) is -0.550. The van der Waals surface area contributed by atoms with Gasteiger partial charge in [0.05, 0.1) is 4.92 Å². The minimum Gasteiger partial charge on any atom is -0.475 e. The van der Waals surface area contributed by atoms with E-state index >= 15 is 0 Å². The monoisotopic (exact) mass is 335 g/mol. The van der Waals surface area contributed by atoms with Gasteiger partial charge in [0.15, 0.2) is 12.4 Å². The van der Waals surface area contributed by atoms with Crippen molar-refractivity contribution in [3.63, 3.8) is 0 Å². The van der Waals surface area contributed by atoms with Gasteiger partial charge in [-0.2, -0.15) is 0 Å². The number of nitro groups is 1. The average molecular weight is 336 g/mol. The molecule has 23 heavy (non-hydrogen) atoms. The molecule has 0 saturated heterocycles. The van der Waals surface area contributed by atoms with Gasteiger partial charge in [0.25, 0.3) is 0 Å². The van der Waals surface area contributed by atoms with E-state index < -0.39 is 23.6 Å². The number of hydrogen-bond donors (Lipinski definition) is 0. The maximum absolute atomic E-state index is 11.8. The summed E-state index contributed by atoms with van der Waals surface area (Å²) in [5.41, 5.74) is 0.465. The van der Waals surface area contributed by atoms with Crippen LogP contribution < -0.4 is 4.74 Å². The predicted octanol–water partition coefficient (Wildman–Crippen LogP) is 3.93. The van der Waals surface area contributed by atoms with Crippen LogP contribution in [-0.4, -0.2) is 17.5 Å². The first-order chi connectivity index (χ1) is 11.0. The Kier molecular flexibility index (Phi) is 5.54. The number of carbonyl (C=O) groups excluding carboxylic acids is 1. The summed E-state index contributed by atoms with van der Waals surface area (Å²) in [5, 5.41) is 11.4. The van der Waals surface area contributed by atoms with Gasteiger partial charge in [0, 0.05) is 16.7 Å². The number of benzene rings is 2. The van der Waals surface area contributed by atoms with Crippen molar-refractivity contribution in [3.8, 4) is 5.75 Å². The molecule has 120 valence electrons. The van der Waals surface area contributed by atoms with Gasteiger partial charge in [-0.15, -0.1) is 0 Å². The topological polar surface area (TPSA) is 78.7 Å². The summed E-state index contributed by atoms with van der Waals surface area (Å²) in [4.78, 5) is 22.1. The molecule has 0 aliphatic rings. The van der Waals surface area contributed by atoms with E-state index in [2.05, 4.69) is 0 Å². The highest BCUT2D eigenvalue weighted by atomic mass is 35.5. The number of halogens is 1. The van der Waals surface area contributed by atoms with Crippen molar-refractivity contribution >= 4 is 23.3 Å². The fraction of sp³-hybridized carbons (Fsp3) is 0.188. The Labute approximate surface area is 137 Å². The number of ether oxygens (including phenoxy) is 2. The van der Waals surface area contributed by atoms with Crippen molar-refractivity contribution in [2.75, 3.05) is 6.61 Å². The first-order valence-corrected chi connectivity index (χ1v) is 7.17. The lowest BCUT2D eigenvalue weighted by Crippen LogP contribution is -2.17. The zero-order valence-corrected chi connectivity index (χ0v) is 13.0. The van der Waals surface area contributed by atoms with E-state index in [1.54, 1.807) is 37.3 Å². The molecule has 0 heterocycles. The minimum absolute atomic E-state index is 0.0137. The number of esters is 1. The van der Waals surface area contributed by atoms with Crippen LogP contribution >= 0.6 is 11.6 Å². The lowest BCUT2D eigenvalue weighted by molar-refractivity contribution is -0.385. The maximum Gasteiger partial charge on any atom is 0.344 e. The predicted molar refractivity (Wildman–Crippen MR) is 84.6 cm³/mol. The van der Waals surface area contributed by atoms with Gasteiger partial charge < -0.3 is 9.47 Å². The third-order valence-corrected chi connectivity index (χ3v) is 3.40. The summed E-state index contributed by atoms with van der Waals surface area (Å²) in [6, 6.07) is 12.8. The molecule has 0 aromatic heterocycles. The van der Waals surface area contributed by atoms with Crippen LogP contribution in [0.5, 0.6) is 5.75 Å². The van der Waals surface area contributed by atoms with Crippen LogP contribution in [0.25, 0.3) is 0 Å². The fourth-order valence-electron chi connectivity index (χ4n) is 1.97. The second-order valence-electron chi connectivity index (χ2n) is 4.67. The smallest absolute Gasteiger partial charge is 0.344 e. The van der Waals surface area contributed by atoms with E-state index in [9.17, 15) is 14.9 Å². The summed E-state index contributed by atoms with van der Waals surface area (Å²) in [7, 11) is 0. The van der Waals surface area contributed by atoms with Gasteiger partial charge in [-0.1, -0.05) is 41.9 Å². The van der Waals surface area contributed by atoms with E-state index in [1.165, 1.54) is 18.2 Å². The molecular formula is C16H14ClNO5. The van der Waals surface area contributed by atoms with Gasteiger partial charge in [-0.3, -0.25) is 10.1 Å². The molecule has 0 fully saturated rings. The second-order valence-corrected chi connectivity index (χ2v) is 5.07. The van der Waals surface area contributed by atoms with Gasteiger partial charge in [-0.05, 0) is 19.1 Å². The quantitative estimate of drug-likeness (QED) is 0.454. The van der Waals surface area contributed by atoms with Crippen molar-refractivity contribution in [2.45, 2.75) is 13.0 Å². The van der Waals surface area contributed by atoms with E-state index in [-0.39, 0.29) is 11.4 Å². The Morgan fingerprint density at radius 3 is 2.57 bits per heavy atom. The Bertz CT molecular complexity index is 719. The molecule has 0 amide bonds. The highest BCUT2D eigenvalue weighted by Gasteiger charge is 2.18. The van der Waals surface area contributed by atoms with Gasteiger partial charge in [0.1, 0.15) is 6.10 Å². The van der Waals surface area contributed by atoms with Crippen LogP contribution in [0, 0.1) is 10.1 Å². The summed E-state index contributed by atoms with van der Waals surface area (Å²) < 4.78 is 10.4. The van der Waals surface area contributed by atoms with Crippen molar-refractivity contribution in [3.05, 3.63) is 69.2 Å². The van der Waals surface area contributed by atoms with Gasteiger partial charge in [0.2, 0.25) is 0 Å². The maximum atomic E-state index is 11.8. The molecule has 7 heteroatoms. The van der Waals surface area contributed by atoms with E-state index in [4.69, 9.17) is 21.1 Å². The molecule has 0 spiro atoms. The molecular weight excluding hydrogens is 322 g/mol. The fourth-order valence-corrected chi connectivity index (χ4v) is 2.26. The molecule has 0 radical (unpaired) electrons. The third-order valence-electron chi connectivity index (χ3n) is 3.06. The Balaban J connectivity index is 1.96. The van der Waals surface area contributed by atoms with Crippen LogP contribution in [0.2, 0.25) is 5.02 Å². The number of para-hydroxylation sites is 2. The van der Waals surface area contributed by atoms with Crippen molar-refractivity contribution in [2.24, 2.45) is 0 Å². The number of hydrogen-bond acceptors (Lipinski definition) is 5. The first kappa shape index (κ1) is 16.8. The highest BCUT2D eigenvalue weighted by molar-refractivity contribution is 6.31. The molecule has 0 aliphatic heterocycles. The van der Waals surface area contributed by atoms with Gasteiger partial charge >= 0.3 is 11.7 Å². The number of carbonyl (C=O) groups is 1. The number of rotatable bonds is 6. The minimum atomic E-state index is -0.643. The molecule has 2 aromatic carbocycles. The summed E-state index contributed by atoms with van der Waals surface area (Å²) >= 11 is 6.03. The van der Waals surface area contributed by atoms with Crippen molar-refractivity contribution in [1.29, 1.82) is 0 Å². The molecule has 0 bridgehead atoms. The van der Waals surface area contributed by atoms with E-state index in [0.717, 1.165) is 0 Å². The van der Waals surface area contributed by atoms with Crippen LogP contribution in [0.1, 0.15) is 18.6 Å². The lowest BCUT2D eigenvalue weighted by Gasteiger charge is -2.15. The molecule has 0 saturated carbocycles. The van der Waals surface area contributed by atoms with Crippen LogP contribution in [0.3, 0.4) is 0 Å². The Morgan fingerprint density at radius 2 is 1.87 bits per heavy atom. The zero-order valence-electron chi connectivity index (χ0n) is 12.3. The molecule has 1 atom stereocenters. The molecule has 2 aromatic rings. The Morgan fingerprint density at radius 1 is 1.22 bits per heavy atom. The molecule has 0 aliphatic carbocycles. The molecule has 0 N–H and O–H groups in total. The molecule has 0 unspecified atom stereocenters. The van der Waals surface area contributed by atoms with E-state index in [1.807, 2.05) is 0 Å². The lowest BCUT2D eigenvalue weighted by atomic mass is 10.1. The van der Waals surface area contributed by atoms with Crippen LogP contribution in [-0.2, 0) is 9.53 Å². The molecule has 2 rings (SSSR count). The van der Waals surface area contributed by atoms with Crippen LogP contribution in [0.4, 0.5) is 5.69 Å².